The molecular formula is C20H23N5O2S. The zero-order valence-electron chi connectivity index (χ0n) is 16.0. The summed E-state index contributed by atoms with van der Waals surface area (Å²) in [5, 5.41) is 4.32. The highest BCUT2D eigenvalue weighted by molar-refractivity contribution is 7.91. The van der Waals surface area contributed by atoms with Crippen LogP contribution in [0.3, 0.4) is 0 Å². The van der Waals surface area contributed by atoms with Crippen LogP contribution in [0.5, 0.6) is 0 Å². The zero-order valence-corrected chi connectivity index (χ0v) is 16.8. The highest BCUT2D eigenvalue weighted by Crippen LogP contribution is 2.27. The van der Waals surface area contributed by atoms with Crippen LogP contribution in [0.2, 0.25) is 0 Å². The van der Waals surface area contributed by atoms with Crippen LogP contribution in [-0.2, 0) is 9.84 Å². The third-order valence-corrected chi connectivity index (χ3v) is 6.75. The molecule has 1 atom stereocenters. The molecule has 8 heteroatoms. The number of sulfone groups is 1. The number of para-hydroxylation sites is 1. The van der Waals surface area contributed by atoms with Crippen LogP contribution >= 0.6 is 0 Å². The predicted octanol–water partition coefficient (Wildman–Crippen LogP) is 3.09. The Balaban J connectivity index is 1.67. The Labute approximate surface area is 164 Å². The van der Waals surface area contributed by atoms with Gasteiger partial charge in [0.05, 0.1) is 22.7 Å². The van der Waals surface area contributed by atoms with Crippen LogP contribution in [0.4, 0.5) is 17.5 Å². The molecule has 1 N–H and O–H groups in total. The number of nitrogens with zero attached hydrogens (tertiary/aromatic N) is 4. The molecule has 4 rings (SSSR count). The van der Waals surface area contributed by atoms with Crippen molar-refractivity contribution in [1.29, 1.82) is 0 Å². The number of hydrogen-bond acceptors (Lipinski definition) is 7. The van der Waals surface area contributed by atoms with Gasteiger partial charge in [-0.15, -0.1) is 0 Å². The highest BCUT2D eigenvalue weighted by atomic mass is 32.2. The van der Waals surface area contributed by atoms with E-state index in [1.165, 1.54) is 0 Å². The molecule has 0 amide bonds. The number of aryl methyl sites for hydroxylation is 1. The molecule has 1 saturated heterocycles. The van der Waals surface area contributed by atoms with Gasteiger partial charge in [0, 0.05) is 35.9 Å². The lowest BCUT2D eigenvalue weighted by atomic mass is 10.2. The molecule has 1 aliphatic heterocycles. The third kappa shape index (κ3) is 3.77. The lowest BCUT2D eigenvalue weighted by molar-refractivity contribution is 0.599. The molecule has 0 saturated carbocycles. The Hall–Kier alpha value is -2.74. The Bertz CT molecular complexity index is 1110. The van der Waals surface area contributed by atoms with Crippen molar-refractivity contribution in [2.24, 2.45) is 0 Å². The van der Waals surface area contributed by atoms with Gasteiger partial charge < -0.3 is 10.2 Å². The summed E-state index contributed by atoms with van der Waals surface area (Å²) in [6, 6.07) is 11.7. The number of aromatic nitrogens is 3. The molecule has 28 heavy (non-hydrogen) atoms. The van der Waals surface area contributed by atoms with Crippen molar-refractivity contribution in [3.05, 3.63) is 48.3 Å². The molecule has 2 aromatic heterocycles. The molecule has 1 fully saturated rings. The number of hydrogen-bond donors (Lipinski definition) is 1. The van der Waals surface area contributed by atoms with Crippen molar-refractivity contribution >= 4 is 38.2 Å². The predicted molar refractivity (Wildman–Crippen MR) is 112 cm³/mol. The minimum atomic E-state index is -2.96. The van der Waals surface area contributed by atoms with Crippen molar-refractivity contribution in [3.8, 4) is 0 Å². The van der Waals surface area contributed by atoms with Crippen LogP contribution < -0.4 is 10.2 Å². The van der Waals surface area contributed by atoms with E-state index in [-0.39, 0.29) is 17.5 Å². The second-order valence-corrected chi connectivity index (χ2v) is 9.27. The second-order valence-electron chi connectivity index (χ2n) is 7.04. The van der Waals surface area contributed by atoms with Crippen LogP contribution in [0.15, 0.2) is 42.6 Å². The quantitative estimate of drug-likeness (QED) is 0.708. The molecule has 0 radical (unpaired) electrons. The first kappa shape index (κ1) is 18.6. The molecule has 0 bridgehead atoms. The Morgan fingerprint density at radius 1 is 1.21 bits per heavy atom. The summed E-state index contributed by atoms with van der Waals surface area (Å²) in [7, 11) is -2.96. The van der Waals surface area contributed by atoms with Gasteiger partial charge >= 0.3 is 0 Å². The largest absolute Gasteiger partial charge is 0.353 e. The second kappa shape index (κ2) is 7.35. The van der Waals surface area contributed by atoms with Crippen LogP contribution in [0.1, 0.15) is 19.0 Å². The maximum Gasteiger partial charge on any atom is 0.229 e. The summed E-state index contributed by atoms with van der Waals surface area (Å²) in [4.78, 5) is 15.7. The summed E-state index contributed by atoms with van der Waals surface area (Å²) in [6.45, 7) is 4.62. The molecular weight excluding hydrogens is 374 g/mol. The van der Waals surface area contributed by atoms with E-state index in [1.54, 1.807) is 6.20 Å². The lowest BCUT2D eigenvalue weighted by Crippen LogP contribution is -2.36. The van der Waals surface area contributed by atoms with E-state index in [0.29, 0.717) is 18.9 Å². The average molecular weight is 398 g/mol. The van der Waals surface area contributed by atoms with Crippen molar-refractivity contribution in [1.82, 2.24) is 15.0 Å². The molecule has 146 valence electrons. The van der Waals surface area contributed by atoms with Gasteiger partial charge in [-0.25, -0.2) is 13.4 Å². The monoisotopic (exact) mass is 397 g/mol. The van der Waals surface area contributed by atoms with Gasteiger partial charge in [0.1, 0.15) is 5.82 Å². The van der Waals surface area contributed by atoms with E-state index >= 15 is 0 Å². The van der Waals surface area contributed by atoms with Crippen LogP contribution in [0.25, 0.3) is 10.9 Å². The Morgan fingerprint density at radius 2 is 2.04 bits per heavy atom. The van der Waals surface area contributed by atoms with Crippen LogP contribution in [-0.4, -0.2) is 47.5 Å². The van der Waals surface area contributed by atoms with Crippen molar-refractivity contribution < 1.29 is 8.42 Å². The number of benzene rings is 1. The maximum absolute atomic E-state index is 11.9. The summed E-state index contributed by atoms with van der Waals surface area (Å²) >= 11 is 0. The normalized spacial score (nSPS) is 18.3. The fourth-order valence-corrected chi connectivity index (χ4v) is 5.44. The first-order chi connectivity index (χ1) is 13.4. The number of rotatable bonds is 5. The van der Waals surface area contributed by atoms with E-state index in [0.717, 1.165) is 28.1 Å². The van der Waals surface area contributed by atoms with Crippen molar-refractivity contribution in [3.63, 3.8) is 0 Å². The van der Waals surface area contributed by atoms with Gasteiger partial charge in [-0.3, -0.25) is 4.98 Å². The van der Waals surface area contributed by atoms with Gasteiger partial charge in [-0.2, -0.15) is 4.98 Å². The van der Waals surface area contributed by atoms with E-state index in [4.69, 9.17) is 0 Å². The Morgan fingerprint density at radius 3 is 2.79 bits per heavy atom. The molecule has 1 aliphatic rings. The molecule has 7 nitrogen and oxygen atoms in total. The summed E-state index contributed by atoms with van der Waals surface area (Å²) in [5.41, 5.74) is 2.51. The fraction of sp³-hybridized carbons (Fsp3) is 0.350. The van der Waals surface area contributed by atoms with Gasteiger partial charge in [0.15, 0.2) is 9.84 Å². The Kier molecular flexibility index (Phi) is 4.89. The number of anilines is 3. The van der Waals surface area contributed by atoms with E-state index in [1.807, 2.05) is 50.2 Å². The first-order valence-electron chi connectivity index (χ1n) is 9.39. The molecule has 1 aromatic carbocycles. The van der Waals surface area contributed by atoms with E-state index < -0.39 is 9.84 Å². The standard InChI is InChI=1S/C20H23N5O2S/c1-3-25(16-9-11-28(26,27)13-16)18-12-14(2)22-20(24-18)23-17-8-4-6-15-7-5-10-21-19(15)17/h4-8,10,12,16H,3,9,11,13H2,1-2H3,(H,22,23,24). The molecule has 0 spiro atoms. The van der Waals surface area contributed by atoms with Gasteiger partial charge in [0.25, 0.3) is 0 Å². The average Bonchev–Trinajstić information content (AvgIpc) is 3.02. The van der Waals surface area contributed by atoms with Gasteiger partial charge in [0.2, 0.25) is 5.95 Å². The van der Waals surface area contributed by atoms with Crippen molar-refractivity contribution in [2.75, 3.05) is 28.3 Å². The maximum atomic E-state index is 11.9. The number of fused-ring (bicyclic) bond motifs is 1. The molecule has 3 heterocycles. The molecule has 3 aromatic rings. The topological polar surface area (TPSA) is 88.1 Å². The number of pyridine rings is 1. The summed E-state index contributed by atoms with van der Waals surface area (Å²) in [5.74, 6) is 1.64. The summed E-state index contributed by atoms with van der Waals surface area (Å²) in [6.07, 6.45) is 2.39. The fourth-order valence-electron chi connectivity index (χ4n) is 3.71. The molecule has 0 aliphatic carbocycles. The first-order valence-corrected chi connectivity index (χ1v) is 11.2. The van der Waals surface area contributed by atoms with Gasteiger partial charge in [-0.05, 0) is 32.4 Å². The minimum Gasteiger partial charge on any atom is -0.353 e. The summed E-state index contributed by atoms with van der Waals surface area (Å²) < 4.78 is 23.8. The molecule has 1 unspecified atom stereocenters. The number of nitrogens with one attached hydrogen (secondary N) is 1. The third-order valence-electron chi connectivity index (χ3n) is 5.00. The van der Waals surface area contributed by atoms with Crippen molar-refractivity contribution in [2.45, 2.75) is 26.3 Å². The minimum absolute atomic E-state index is 0.0450. The highest BCUT2D eigenvalue weighted by Gasteiger charge is 2.32. The SMILES string of the molecule is CCN(c1cc(C)nc(Nc2cccc3cccnc23)n1)C1CCS(=O)(=O)C1. The van der Waals surface area contributed by atoms with Gasteiger partial charge in [-0.1, -0.05) is 18.2 Å². The lowest BCUT2D eigenvalue weighted by Gasteiger charge is -2.28. The smallest absolute Gasteiger partial charge is 0.229 e. The zero-order chi connectivity index (χ0) is 19.7. The van der Waals surface area contributed by atoms with Crippen LogP contribution in [0, 0.1) is 6.92 Å². The van der Waals surface area contributed by atoms with E-state index in [2.05, 4.69) is 25.2 Å². The van der Waals surface area contributed by atoms with E-state index in [9.17, 15) is 8.42 Å².